The molecule has 0 atom stereocenters. The van der Waals surface area contributed by atoms with E-state index in [9.17, 15) is 4.39 Å². The Balaban J connectivity index is 2.76. The zero-order valence-electron chi connectivity index (χ0n) is 7.00. The number of halogens is 2. The van der Waals surface area contributed by atoms with Gasteiger partial charge in [0.25, 0.3) is 0 Å². The number of thiocarbonyl (C=S) groups is 1. The van der Waals surface area contributed by atoms with E-state index in [2.05, 4.69) is 38.7 Å². The largest absolute Gasteiger partial charge is 0.375 e. The van der Waals surface area contributed by atoms with Gasteiger partial charge in [0.2, 0.25) is 0 Å². The fourth-order valence-corrected chi connectivity index (χ4v) is 1.28. The summed E-state index contributed by atoms with van der Waals surface area (Å²) in [7, 11) is 0. The van der Waals surface area contributed by atoms with Crippen molar-refractivity contribution >= 4 is 39.5 Å². The van der Waals surface area contributed by atoms with E-state index in [4.69, 9.17) is 5.73 Å². The highest BCUT2D eigenvalue weighted by Crippen LogP contribution is 2.15. The van der Waals surface area contributed by atoms with Gasteiger partial charge in [-0.1, -0.05) is 15.9 Å². The molecule has 0 saturated heterocycles. The van der Waals surface area contributed by atoms with Crippen molar-refractivity contribution in [2.75, 3.05) is 0 Å². The Bertz CT molecular complexity index is 381. The van der Waals surface area contributed by atoms with Gasteiger partial charge in [0, 0.05) is 10.0 Å². The number of nitrogens with two attached hydrogens (primary N) is 1. The zero-order valence-corrected chi connectivity index (χ0v) is 9.40. The summed E-state index contributed by atoms with van der Waals surface area (Å²) in [5.41, 5.74) is 8.29. The van der Waals surface area contributed by atoms with Gasteiger partial charge in [0.15, 0.2) is 5.11 Å². The number of nitrogens with zero attached hydrogens (tertiary/aromatic N) is 1. The van der Waals surface area contributed by atoms with Gasteiger partial charge >= 0.3 is 0 Å². The predicted octanol–water partition coefficient (Wildman–Crippen LogP) is 1.76. The lowest BCUT2D eigenvalue weighted by Gasteiger charge is -1.98. The van der Waals surface area contributed by atoms with Gasteiger partial charge in [-0.15, -0.1) is 0 Å². The highest BCUT2D eigenvalue weighted by Gasteiger charge is 1.97. The van der Waals surface area contributed by atoms with Crippen molar-refractivity contribution < 1.29 is 4.39 Å². The third-order valence-corrected chi connectivity index (χ3v) is 2.12. The van der Waals surface area contributed by atoms with Crippen LogP contribution in [0.15, 0.2) is 27.8 Å². The maximum absolute atomic E-state index is 12.7. The zero-order chi connectivity index (χ0) is 10.6. The summed E-state index contributed by atoms with van der Waals surface area (Å²) >= 11 is 7.74. The van der Waals surface area contributed by atoms with E-state index in [0.29, 0.717) is 4.47 Å². The molecule has 0 spiro atoms. The summed E-state index contributed by atoms with van der Waals surface area (Å²) in [4.78, 5) is 0. The minimum atomic E-state index is -0.309. The second-order valence-electron chi connectivity index (χ2n) is 2.40. The molecular formula is C8H7BrFN3S. The van der Waals surface area contributed by atoms with Crippen LogP contribution >= 0.6 is 28.1 Å². The van der Waals surface area contributed by atoms with Gasteiger partial charge in [-0.2, -0.15) is 5.10 Å². The van der Waals surface area contributed by atoms with Crippen LogP contribution in [0.5, 0.6) is 0 Å². The monoisotopic (exact) mass is 275 g/mol. The first-order chi connectivity index (χ1) is 6.59. The second kappa shape index (κ2) is 5.02. The molecule has 3 N–H and O–H groups in total. The van der Waals surface area contributed by atoms with Crippen LogP contribution in [0.4, 0.5) is 4.39 Å². The topological polar surface area (TPSA) is 50.4 Å². The van der Waals surface area contributed by atoms with E-state index in [1.54, 1.807) is 6.07 Å². The Morgan fingerprint density at radius 1 is 1.64 bits per heavy atom. The number of rotatable bonds is 2. The molecule has 0 unspecified atom stereocenters. The summed E-state index contributed by atoms with van der Waals surface area (Å²) < 4.78 is 13.3. The number of hydrogen-bond donors (Lipinski definition) is 2. The molecule has 0 aliphatic rings. The van der Waals surface area contributed by atoms with Crippen molar-refractivity contribution in [2.45, 2.75) is 0 Å². The van der Waals surface area contributed by atoms with Gasteiger partial charge < -0.3 is 5.73 Å². The molecule has 0 heterocycles. The fraction of sp³-hybridized carbons (Fsp3) is 0. The Morgan fingerprint density at radius 3 is 2.93 bits per heavy atom. The standard InChI is InChI=1S/C8H7BrFN3S/c9-7-3-6(10)2-1-5(7)4-12-13-8(11)14/h1-4H,(H3,11,13,14)/b12-4+. The van der Waals surface area contributed by atoms with Gasteiger partial charge in [-0.25, -0.2) is 4.39 Å². The van der Waals surface area contributed by atoms with Gasteiger partial charge in [0.1, 0.15) is 5.82 Å². The maximum atomic E-state index is 12.7. The smallest absolute Gasteiger partial charge is 0.184 e. The van der Waals surface area contributed by atoms with Crippen molar-refractivity contribution in [3.05, 3.63) is 34.1 Å². The molecule has 14 heavy (non-hydrogen) atoms. The first kappa shape index (κ1) is 11.1. The maximum Gasteiger partial charge on any atom is 0.184 e. The van der Waals surface area contributed by atoms with Gasteiger partial charge in [0.05, 0.1) is 6.21 Å². The molecule has 0 aromatic heterocycles. The molecule has 3 nitrogen and oxygen atoms in total. The number of benzene rings is 1. The van der Waals surface area contributed by atoms with Crippen LogP contribution in [0, 0.1) is 5.82 Å². The Kier molecular flexibility index (Phi) is 3.97. The molecule has 6 heteroatoms. The molecule has 0 fully saturated rings. The average Bonchev–Trinajstić information content (AvgIpc) is 2.08. The molecule has 1 aromatic carbocycles. The molecule has 1 rings (SSSR count). The van der Waals surface area contributed by atoms with Crippen molar-refractivity contribution in [1.29, 1.82) is 0 Å². The molecule has 0 aliphatic carbocycles. The minimum Gasteiger partial charge on any atom is -0.375 e. The van der Waals surface area contributed by atoms with E-state index in [-0.39, 0.29) is 10.9 Å². The Hall–Kier alpha value is -1.01. The lowest BCUT2D eigenvalue weighted by molar-refractivity contribution is 0.627. The van der Waals surface area contributed by atoms with Crippen LogP contribution in [0.25, 0.3) is 0 Å². The van der Waals surface area contributed by atoms with E-state index in [1.165, 1.54) is 18.3 Å². The molecule has 74 valence electrons. The number of nitrogens with one attached hydrogen (secondary N) is 1. The number of hydrazone groups is 1. The summed E-state index contributed by atoms with van der Waals surface area (Å²) in [5, 5.41) is 3.82. The summed E-state index contributed by atoms with van der Waals surface area (Å²) in [6.07, 6.45) is 1.49. The summed E-state index contributed by atoms with van der Waals surface area (Å²) in [5.74, 6) is -0.309. The molecule has 0 radical (unpaired) electrons. The van der Waals surface area contributed by atoms with Crippen LogP contribution in [0.2, 0.25) is 0 Å². The Labute approximate surface area is 94.3 Å². The normalized spacial score (nSPS) is 10.4. The van der Waals surface area contributed by atoms with E-state index in [0.717, 1.165) is 5.56 Å². The van der Waals surface area contributed by atoms with Crippen LogP contribution in [0.3, 0.4) is 0 Å². The minimum absolute atomic E-state index is 0.0829. The van der Waals surface area contributed by atoms with Crippen molar-refractivity contribution in [3.63, 3.8) is 0 Å². The SMILES string of the molecule is NC(=S)N/N=C/c1ccc(F)cc1Br. The van der Waals surface area contributed by atoms with E-state index < -0.39 is 0 Å². The molecule has 0 amide bonds. The summed E-state index contributed by atoms with van der Waals surface area (Å²) in [6.45, 7) is 0. The Morgan fingerprint density at radius 2 is 2.36 bits per heavy atom. The van der Waals surface area contributed by atoms with Crippen LogP contribution in [0.1, 0.15) is 5.56 Å². The molecular weight excluding hydrogens is 269 g/mol. The van der Waals surface area contributed by atoms with Crippen molar-refractivity contribution in [2.24, 2.45) is 10.8 Å². The highest BCUT2D eigenvalue weighted by molar-refractivity contribution is 9.10. The van der Waals surface area contributed by atoms with Gasteiger partial charge in [-0.3, -0.25) is 5.43 Å². The lowest BCUT2D eigenvalue weighted by atomic mass is 10.2. The van der Waals surface area contributed by atoms with Gasteiger partial charge in [-0.05, 0) is 30.4 Å². The van der Waals surface area contributed by atoms with Crippen molar-refractivity contribution in [3.8, 4) is 0 Å². The predicted molar refractivity (Wildman–Crippen MR) is 61.6 cm³/mol. The molecule has 0 aliphatic heterocycles. The first-order valence-electron chi connectivity index (χ1n) is 3.63. The third kappa shape index (κ3) is 3.39. The first-order valence-corrected chi connectivity index (χ1v) is 4.83. The number of hydrogen-bond acceptors (Lipinski definition) is 2. The van der Waals surface area contributed by atoms with Crippen LogP contribution in [-0.2, 0) is 0 Å². The van der Waals surface area contributed by atoms with Crippen molar-refractivity contribution in [1.82, 2.24) is 5.43 Å². The average molecular weight is 276 g/mol. The van der Waals surface area contributed by atoms with E-state index in [1.807, 2.05) is 0 Å². The lowest BCUT2D eigenvalue weighted by Crippen LogP contribution is -2.24. The molecule has 1 aromatic rings. The quantitative estimate of drug-likeness (QED) is 0.491. The molecule has 0 bridgehead atoms. The van der Waals surface area contributed by atoms with E-state index >= 15 is 0 Å². The second-order valence-corrected chi connectivity index (χ2v) is 3.69. The highest BCUT2D eigenvalue weighted by atomic mass is 79.9. The molecule has 0 saturated carbocycles. The van der Waals surface area contributed by atoms with Crippen LogP contribution in [-0.4, -0.2) is 11.3 Å². The summed E-state index contributed by atoms with van der Waals surface area (Å²) in [6, 6.07) is 4.28. The fourth-order valence-electron chi connectivity index (χ4n) is 0.772. The van der Waals surface area contributed by atoms with Crippen LogP contribution < -0.4 is 11.2 Å². The third-order valence-electron chi connectivity index (χ3n) is 1.34.